The fraction of sp³-hybridized carbons (Fsp3) is 0.667. The molecule has 0 aromatic heterocycles. The molecule has 5 heteroatoms. The minimum atomic E-state index is 0.0152. The molecule has 1 saturated carbocycles. The van der Waals surface area contributed by atoms with Crippen molar-refractivity contribution in [1.29, 1.82) is 0 Å². The molecule has 158 valence electrons. The van der Waals surface area contributed by atoms with Crippen LogP contribution >= 0.6 is 0 Å². The van der Waals surface area contributed by atoms with Crippen molar-refractivity contribution in [3.05, 3.63) is 35.9 Å². The number of carbonyl (C=O) groups is 2. The second-order valence-corrected chi connectivity index (χ2v) is 8.99. The Morgan fingerprint density at radius 1 is 0.897 bits per heavy atom. The molecule has 29 heavy (non-hydrogen) atoms. The van der Waals surface area contributed by atoms with Crippen LogP contribution < -0.4 is 0 Å². The van der Waals surface area contributed by atoms with Crippen LogP contribution in [0.1, 0.15) is 50.5 Å². The monoisotopic (exact) mass is 397 g/mol. The van der Waals surface area contributed by atoms with Gasteiger partial charge in [0.05, 0.1) is 6.04 Å². The van der Waals surface area contributed by atoms with E-state index in [0.29, 0.717) is 11.8 Å². The van der Waals surface area contributed by atoms with Crippen LogP contribution in [0.4, 0.5) is 0 Å². The van der Waals surface area contributed by atoms with E-state index in [1.165, 1.54) is 37.7 Å². The molecular weight excluding hydrogens is 362 g/mol. The molecule has 1 unspecified atom stereocenters. The molecule has 3 fully saturated rings. The summed E-state index contributed by atoms with van der Waals surface area (Å²) in [6.07, 6.45) is 8.93. The third-order valence-electron chi connectivity index (χ3n) is 7.08. The SMILES string of the molecule is O=C(CC1CCCCC1)N1CCN(C2CCN(CCc3ccccc3)C2=O)CC1. The van der Waals surface area contributed by atoms with Crippen LogP contribution in [-0.4, -0.2) is 71.8 Å². The molecule has 4 rings (SSSR count). The Labute approximate surface area is 175 Å². The summed E-state index contributed by atoms with van der Waals surface area (Å²) in [4.78, 5) is 32.0. The van der Waals surface area contributed by atoms with Gasteiger partial charge in [0.25, 0.3) is 0 Å². The van der Waals surface area contributed by atoms with Gasteiger partial charge in [-0.15, -0.1) is 0 Å². The van der Waals surface area contributed by atoms with Crippen LogP contribution in [0, 0.1) is 5.92 Å². The van der Waals surface area contributed by atoms with Gasteiger partial charge in [-0.05, 0) is 37.2 Å². The summed E-state index contributed by atoms with van der Waals surface area (Å²) in [5.41, 5.74) is 1.29. The van der Waals surface area contributed by atoms with E-state index in [2.05, 4.69) is 29.2 Å². The van der Waals surface area contributed by atoms with Crippen LogP contribution in [0.3, 0.4) is 0 Å². The quantitative estimate of drug-likeness (QED) is 0.741. The average molecular weight is 398 g/mol. The van der Waals surface area contributed by atoms with Gasteiger partial charge >= 0.3 is 0 Å². The first-order valence-electron chi connectivity index (χ1n) is 11.6. The van der Waals surface area contributed by atoms with Gasteiger partial charge in [0.15, 0.2) is 0 Å². The second-order valence-electron chi connectivity index (χ2n) is 8.99. The normalized spacial score (nSPS) is 24.3. The number of benzene rings is 1. The lowest BCUT2D eigenvalue weighted by atomic mass is 9.86. The predicted molar refractivity (Wildman–Crippen MR) is 114 cm³/mol. The van der Waals surface area contributed by atoms with Gasteiger partial charge in [0, 0.05) is 45.7 Å². The molecule has 1 aromatic rings. The summed E-state index contributed by atoms with van der Waals surface area (Å²) in [5, 5.41) is 0. The van der Waals surface area contributed by atoms with Crippen LogP contribution in [0.2, 0.25) is 0 Å². The first-order valence-corrected chi connectivity index (χ1v) is 11.6. The van der Waals surface area contributed by atoms with E-state index in [1.54, 1.807) is 0 Å². The van der Waals surface area contributed by atoms with Gasteiger partial charge in [0.2, 0.25) is 11.8 Å². The van der Waals surface area contributed by atoms with Crippen LogP contribution in [0.25, 0.3) is 0 Å². The zero-order valence-corrected chi connectivity index (χ0v) is 17.6. The van der Waals surface area contributed by atoms with Crippen molar-refractivity contribution in [2.45, 2.75) is 57.4 Å². The van der Waals surface area contributed by atoms with Gasteiger partial charge in [-0.1, -0.05) is 49.6 Å². The molecule has 3 aliphatic rings. The van der Waals surface area contributed by atoms with Crippen molar-refractivity contribution in [1.82, 2.24) is 14.7 Å². The molecular formula is C24H35N3O2. The molecule has 0 N–H and O–H groups in total. The van der Waals surface area contributed by atoms with Crippen LogP contribution in [0.5, 0.6) is 0 Å². The summed E-state index contributed by atoms with van der Waals surface area (Å²) < 4.78 is 0. The lowest BCUT2D eigenvalue weighted by Crippen LogP contribution is -2.54. The van der Waals surface area contributed by atoms with E-state index in [1.807, 2.05) is 15.9 Å². The number of hydrogen-bond acceptors (Lipinski definition) is 3. The van der Waals surface area contributed by atoms with Crippen molar-refractivity contribution in [3.8, 4) is 0 Å². The Bertz CT molecular complexity index is 679. The number of rotatable bonds is 6. The number of nitrogens with zero attached hydrogens (tertiary/aromatic N) is 3. The van der Waals surface area contributed by atoms with E-state index >= 15 is 0 Å². The van der Waals surface area contributed by atoms with Crippen molar-refractivity contribution < 1.29 is 9.59 Å². The molecule has 2 aliphatic heterocycles. The zero-order chi connectivity index (χ0) is 20.1. The molecule has 0 radical (unpaired) electrons. The van der Waals surface area contributed by atoms with Crippen LogP contribution in [-0.2, 0) is 16.0 Å². The Morgan fingerprint density at radius 2 is 1.62 bits per heavy atom. The molecule has 5 nitrogen and oxygen atoms in total. The highest BCUT2D eigenvalue weighted by atomic mass is 16.2. The second kappa shape index (κ2) is 9.75. The number of piperazine rings is 1. The minimum Gasteiger partial charge on any atom is -0.341 e. The topological polar surface area (TPSA) is 43.9 Å². The number of hydrogen-bond donors (Lipinski definition) is 0. The van der Waals surface area contributed by atoms with E-state index in [4.69, 9.17) is 0 Å². The molecule has 1 aromatic carbocycles. The van der Waals surface area contributed by atoms with Crippen molar-refractivity contribution in [2.75, 3.05) is 39.3 Å². The highest BCUT2D eigenvalue weighted by Crippen LogP contribution is 2.27. The average Bonchev–Trinajstić information content (AvgIpc) is 3.14. The lowest BCUT2D eigenvalue weighted by Gasteiger charge is -2.38. The molecule has 2 saturated heterocycles. The maximum absolute atomic E-state index is 12.9. The van der Waals surface area contributed by atoms with Gasteiger partial charge in [-0.3, -0.25) is 14.5 Å². The molecule has 2 amide bonds. The van der Waals surface area contributed by atoms with Crippen molar-refractivity contribution >= 4 is 11.8 Å². The van der Waals surface area contributed by atoms with Gasteiger partial charge in [0.1, 0.15) is 0 Å². The maximum atomic E-state index is 12.9. The van der Waals surface area contributed by atoms with Gasteiger partial charge in [-0.2, -0.15) is 0 Å². The van der Waals surface area contributed by atoms with Crippen molar-refractivity contribution in [2.24, 2.45) is 5.92 Å². The summed E-state index contributed by atoms with van der Waals surface area (Å²) in [7, 11) is 0. The first kappa shape index (κ1) is 20.4. The van der Waals surface area contributed by atoms with Gasteiger partial charge in [-0.25, -0.2) is 0 Å². The highest BCUT2D eigenvalue weighted by Gasteiger charge is 2.37. The Hall–Kier alpha value is -1.88. The van der Waals surface area contributed by atoms with Crippen LogP contribution in [0.15, 0.2) is 30.3 Å². The molecule has 1 atom stereocenters. The predicted octanol–water partition coefficient (Wildman–Crippen LogP) is 2.94. The maximum Gasteiger partial charge on any atom is 0.240 e. The van der Waals surface area contributed by atoms with Crippen molar-refractivity contribution in [3.63, 3.8) is 0 Å². The first-order chi connectivity index (χ1) is 14.2. The number of likely N-dealkylation sites (tertiary alicyclic amines) is 1. The minimum absolute atomic E-state index is 0.0152. The highest BCUT2D eigenvalue weighted by molar-refractivity contribution is 5.84. The fourth-order valence-corrected chi connectivity index (χ4v) is 5.24. The molecule has 1 aliphatic carbocycles. The lowest BCUT2D eigenvalue weighted by molar-refractivity contribution is -0.136. The van der Waals surface area contributed by atoms with Gasteiger partial charge < -0.3 is 9.80 Å². The molecule has 0 bridgehead atoms. The summed E-state index contributed by atoms with van der Waals surface area (Å²) in [5.74, 6) is 1.21. The van der Waals surface area contributed by atoms with E-state index in [-0.39, 0.29) is 11.9 Å². The van der Waals surface area contributed by atoms with E-state index < -0.39 is 0 Å². The number of amides is 2. The smallest absolute Gasteiger partial charge is 0.240 e. The zero-order valence-electron chi connectivity index (χ0n) is 17.6. The largest absolute Gasteiger partial charge is 0.341 e. The summed E-state index contributed by atoms with van der Waals surface area (Å²) in [6.45, 7) is 4.88. The standard InChI is InChI=1S/C24H35N3O2/c28-23(19-21-9-5-2-6-10-21)26-17-15-25(16-18-26)22-12-14-27(24(22)29)13-11-20-7-3-1-4-8-20/h1,3-4,7-8,21-22H,2,5-6,9-19H2. The Morgan fingerprint density at radius 3 is 2.34 bits per heavy atom. The number of carbonyl (C=O) groups excluding carboxylic acids is 2. The summed E-state index contributed by atoms with van der Waals surface area (Å²) in [6, 6.07) is 10.4. The fourth-order valence-electron chi connectivity index (χ4n) is 5.24. The Balaban J connectivity index is 1.21. The summed E-state index contributed by atoms with van der Waals surface area (Å²) >= 11 is 0. The molecule has 2 heterocycles. The molecule has 0 spiro atoms. The third-order valence-corrected chi connectivity index (χ3v) is 7.08. The third kappa shape index (κ3) is 5.19. The Kier molecular flexibility index (Phi) is 6.86. The van der Waals surface area contributed by atoms with E-state index in [9.17, 15) is 9.59 Å². The van der Waals surface area contributed by atoms with E-state index in [0.717, 1.165) is 58.5 Å².